The summed E-state index contributed by atoms with van der Waals surface area (Å²) in [6.45, 7) is 7.87. The lowest BCUT2D eigenvalue weighted by molar-refractivity contribution is -0.433. The van der Waals surface area contributed by atoms with Gasteiger partial charge in [-0.2, -0.15) is 8.97 Å². The minimum Gasteiger partial charge on any atom is -0.857 e. The van der Waals surface area contributed by atoms with E-state index < -0.39 is 42.7 Å². The van der Waals surface area contributed by atoms with E-state index in [0.717, 1.165) is 88.1 Å². The largest absolute Gasteiger partial charge is 0.857 e. The summed E-state index contributed by atoms with van der Waals surface area (Å²) in [7, 11) is -7.67. The second-order valence-electron chi connectivity index (χ2n) is 15.9. The van der Waals surface area contributed by atoms with E-state index in [1.165, 1.54) is 0 Å². The highest BCUT2D eigenvalue weighted by Gasteiger charge is 2.46. The van der Waals surface area contributed by atoms with Crippen LogP contribution in [0, 0.1) is 0 Å². The SMILES string of the molecule is CC1(C)C(/C=C/C2=C(Cl)C(=C/C=C3/N(CC(=O)NS(C)(=O)=O)c4ccc5cc(Br)ccc5c4C3(C)C)/CC2)=[N+](C/C([O-])=N/S(C)(=O)=O)c2ccc3cc(Br)ccc3c21. The first-order chi connectivity index (χ1) is 27.0. The van der Waals surface area contributed by atoms with Crippen molar-refractivity contribution in [3.05, 3.63) is 127 Å². The molecule has 0 fully saturated rings. The van der Waals surface area contributed by atoms with Crippen LogP contribution in [0.4, 0.5) is 11.4 Å². The fourth-order valence-corrected chi connectivity index (χ4v) is 10.5. The van der Waals surface area contributed by atoms with Gasteiger partial charge in [-0.25, -0.2) is 16.8 Å². The number of nitrogens with zero attached hydrogens (tertiary/aromatic N) is 3. The Bertz CT molecular complexity index is 2890. The number of rotatable bonds is 9. The van der Waals surface area contributed by atoms with Gasteiger partial charge in [0.1, 0.15) is 6.54 Å². The zero-order valence-electron chi connectivity index (χ0n) is 32.7. The molecular weight excluding hydrogens is 928 g/mol. The van der Waals surface area contributed by atoms with Crippen molar-refractivity contribution in [1.82, 2.24) is 4.72 Å². The van der Waals surface area contributed by atoms with Crippen molar-refractivity contribution in [2.24, 2.45) is 4.40 Å². The number of benzene rings is 4. The quantitative estimate of drug-likeness (QED) is 0.102. The van der Waals surface area contributed by atoms with Gasteiger partial charge >= 0.3 is 0 Å². The van der Waals surface area contributed by atoms with E-state index in [2.05, 4.69) is 68.7 Å². The van der Waals surface area contributed by atoms with E-state index in [-0.39, 0.29) is 13.1 Å². The summed E-state index contributed by atoms with van der Waals surface area (Å²) >= 11 is 14.3. The van der Waals surface area contributed by atoms with Gasteiger partial charge < -0.3 is 10.0 Å². The number of carbonyl (C=O) groups is 1. The van der Waals surface area contributed by atoms with E-state index in [1.54, 1.807) is 0 Å². The Labute approximate surface area is 360 Å². The number of allylic oxidation sites excluding steroid dienone is 8. The number of hydrogen-bond acceptors (Lipinski definition) is 7. The third kappa shape index (κ3) is 8.10. The Balaban J connectivity index is 1.28. The third-order valence-corrected chi connectivity index (χ3v) is 13.5. The summed E-state index contributed by atoms with van der Waals surface area (Å²) in [6.07, 6.45) is 11.0. The van der Waals surface area contributed by atoms with Crippen molar-refractivity contribution in [2.45, 2.75) is 51.4 Å². The zero-order chi connectivity index (χ0) is 42.1. The smallest absolute Gasteiger partial charge is 0.253 e. The number of hydrogen-bond donors (Lipinski definition) is 1. The Morgan fingerprint density at radius 1 is 0.879 bits per heavy atom. The summed E-state index contributed by atoms with van der Waals surface area (Å²) in [6, 6.07) is 20.0. The van der Waals surface area contributed by atoms with Crippen molar-refractivity contribution >= 4 is 114 Å². The fourth-order valence-electron chi connectivity index (χ4n) is 8.57. The first-order valence-corrected chi connectivity index (χ1v) is 24.1. The number of amides is 1. The van der Waals surface area contributed by atoms with Crippen LogP contribution in [0.2, 0.25) is 0 Å². The lowest BCUT2D eigenvalue weighted by Gasteiger charge is -2.26. The number of halogens is 3. The number of nitrogens with one attached hydrogen (secondary N) is 1. The van der Waals surface area contributed by atoms with Crippen LogP contribution < -0.4 is 14.7 Å². The Hall–Kier alpha value is -4.08. The third-order valence-electron chi connectivity index (χ3n) is 10.9. The van der Waals surface area contributed by atoms with Gasteiger partial charge in [-0.05, 0) is 107 Å². The molecule has 1 amide bonds. The molecule has 3 aliphatic rings. The van der Waals surface area contributed by atoms with E-state index >= 15 is 0 Å². The predicted octanol–water partition coefficient (Wildman–Crippen LogP) is 8.14. The van der Waals surface area contributed by atoms with Crippen LogP contribution in [0.3, 0.4) is 0 Å². The molecule has 10 nitrogen and oxygen atoms in total. The summed E-state index contributed by atoms with van der Waals surface area (Å²) in [5, 5.41) is 17.7. The molecule has 0 aromatic heterocycles. The van der Waals surface area contributed by atoms with Gasteiger partial charge in [0.05, 0.1) is 17.9 Å². The second-order valence-corrected chi connectivity index (χ2v) is 21.5. The van der Waals surface area contributed by atoms with Crippen LogP contribution in [0.5, 0.6) is 0 Å². The van der Waals surface area contributed by atoms with E-state index in [1.807, 2.05) is 94.4 Å². The molecule has 0 saturated carbocycles. The first kappa shape index (κ1) is 42.1. The van der Waals surface area contributed by atoms with Crippen LogP contribution in [-0.2, 0) is 35.7 Å². The minimum absolute atomic E-state index is 0.210. The molecule has 15 heteroatoms. The normalized spacial score (nSPS) is 19.4. The summed E-state index contributed by atoms with van der Waals surface area (Å²) in [5.41, 5.74) is 5.87. The Kier molecular flexibility index (Phi) is 11.0. The molecule has 0 atom stereocenters. The molecule has 0 saturated heterocycles. The van der Waals surface area contributed by atoms with Gasteiger partial charge in [-0.1, -0.05) is 87.7 Å². The Morgan fingerprint density at radius 2 is 1.50 bits per heavy atom. The zero-order valence-corrected chi connectivity index (χ0v) is 38.2. The van der Waals surface area contributed by atoms with Crippen LogP contribution >= 0.6 is 43.5 Å². The van der Waals surface area contributed by atoms with E-state index in [4.69, 9.17) is 11.6 Å². The molecule has 0 radical (unpaired) electrons. The number of sulfonamides is 2. The number of fused-ring (bicyclic) bond motifs is 6. The number of carbonyl (C=O) groups excluding carboxylic acids is 1. The lowest BCUT2D eigenvalue weighted by atomic mass is 9.79. The molecule has 7 rings (SSSR count). The summed E-state index contributed by atoms with van der Waals surface area (Å²) in [5.74, 6) is -1.42. The highest BCUT2D eigenvalue weighted by atomic mass is 79.9. The van der Waals surface area contributed by atoms with Crippen molar-refractivity contribution in [3.8, 4) is 0 Å². The van der Waals surface area contributed by atoms with Crippen LogP contribution in [0.25, 0.3) is 21.5 Å². The van der Waals surface area contributed by atoms with Gasteiger partial charge in [-0.15, -0.1) is 0 Å². The standard InChI is InChI=1S/C43H41Br2ClN4O6S2/c1-42(2)35(49(23-37(51)47-57(5,53)54)33-17-9-27-21-29(44)13-15-31(27)39(33)42)19-11-25-7-8-26(41(25)46)12-20-36-43(3,4)40-32-16-14-30(45)22-28(32)10-18-34(40)50(36)24-38(52)48-58(6,55)56/h9-22H,7-8,23-24H2,1-6H3,(H-,47,48,51,52). The lowest BCUT2D eigenvalue weighted by Crippen LogP contribution is -2.39. The van der Waals surface area contributed by atoms with Crippen LogP contribution in [0.1, 0.15) is 51.7 Å². The number of anilines is 1. The first-order valence-electron chi connectivity index (χ1n) is 18.4. The molecule has 0 bridgehead atoms. The fraction of sp³-hybridized carbons (Fsp3) is 0.279. The van der Waals surface area contributed by atoms with Gasteiger partial charge in [0, 0.05) is 54.4 Å². The van der Waals surface area contributed by atoms with E-state index in [9.17, 15) is 26.7 Å². The van der Waals surface area contributed by atoms with Gasteiger partial charge in [-0.3, -0.25) is 9.52 Å². The summed E-state index contributed by atoms with van der Waals surface area (Å²) < 4.78 is 57.2. The average Bonchev–Trinajstić information content (AvgIpc) is 3.63. The van der Waals surface area contributed by atoms with E-state index in [0.29, 0.717) is 17.9 Å². The van der Waals surface area contributed by atoms with Gasteiger partial charge in [0.25, 0.3) is 5.91 Å². The molecule has 302 valence electrons. The molecular formula is C43H41Br2ClN4O6S2. The molecule has 0 spiro atoms. The van der Waals surface area contributed by atoms with Crippen molar-refractivity contribution in [1.29, 1.82) is 0 Å². The average molecular weight is 969 g/mol. The van der Waals surface area contributed by atoms with Crippen LogP contribution in [0.15, 0.2) is 120 Å². The highest BCUT2D eigenvalue weighted by Crippen LogP contribution is 2.51. The Morgan fingerprint density at radius 3 is 2.12 bits per heavy atom. The maximum absolute atomic E-state index is 13.1. The van der Waals surface area contributed by atoms with Crippen molar-refractivity contribution in [2.75, 3.05) is 30.5 Å². The predicted molar refractivity (Wildman–Crippen MR) is 239 cm³/mol. The maximum atomic E-state index is 13.1. The van der Waals surface area contributed by atoms with Gasteiger partial charge in [0.15, 0.2) is 12.3 Å². The molecule has 4 aromatic carbocycles. The summed E-state index contributed by atoms with van der Waals surface area (Å²) in [4.78, 5) is 15.0. The second kappa shape index (κ2) is 15.2. The molecule has 1 N–H and O–H groups in total. The molecule has 2 aliphatic heterocycles. The minimum atomic E-state index is -3.90. The van der Waals surface area contributed by atoms with Crippen molar-refractivity contribution < 1.29 is 31.3 Å². The molecule has 2 heterocycles. The molecule has 4 aromatic rings. The van der Waals surface area contributed by atoms with Crippen LogP contribution in [-0.4, -0.2) is 64.5 Å². The highest BCUT2D eigenvalue weighted by molar-refractivity contribution is 9.10. The van der Waals surface area contributed by atoms with Gasteiger partial charge in [0.2, 0.25) is 25.7 Å². The molecule has 0 unspecified atom stereocenters. The topological polar surface area (TPSA) is 139 Å². The monoisotopic (exact) mass is 966 g/mol. The molecule has 1 aliphatic carbocycles. The maximum Gasteiger partial charge on any atom is 0.253 e. The van der Waals surface area contributed by atoms with Crippen molar-refractivity contribution in [3.63, 3.8) is 0 Å². The molecule has 58 heavy (non-hydrogen) atoms.